The summed E-state index contributed by atoms with van der Waals surface area (Å²) in [5, 5.41) is 0. The molecule has 21 heavy (non-hydrogen) atoms. The van der Waals surface area contributed by atoms with Crippen molar-refractivity contribution in [2.24, 2.45) is 5.92 Å². The van der Waals surface area contributed by atoms with Gasteiger partial charge in [-0.2, -0.15) is 0 Å². The van der Waals surface area contributed by atoms with Crippen LogP contribution in [0.15, 0.2) is 30.3 Å². The smallest absolute Gasteiger partial charge is 0.261 e. The predicted octanol–water partition coefficient (Wildman–Crippen LogP) is 2.88. The molecule has 1 aromatic carbocycles. The number of ether oxygens (including phenoxy) is 4. The van der Waals surface area contributed by atoms with Gasteiger partial charge < -0.3 is 18.9 Å². The standard InChI is InChI=1S/C17H23O4/c1-18-16(19-2)17(20-3,12-7-5-4-6-8-12)13-9-10-14-15(11-13)21-14/h4-8,13-15H,9-11H2,1-3H3. The Hall–Kier alpha value is -0.940. The number of fused-ring (bicyclic) bond motifs is 1. The Morgan fingerprint density at radius 1 is 1.05 bits per heavy atom. The average Bonchev–Trinajstić information content (AvgIpc) is 3.32. The molecule has 1 saturated carbocycles. The molecule has 0 spiro atoms. The maximum atomic E-state index is 6.03. The van der Waals surface area contributed by atoms with Gasteiger partial charge in [-0.25, -0.2) is 0 Å². The van der Waals surface area contributed by atoms with Gasteiger partial charge in [-0.05, 0) is 24.8 Å². The van der Waals surface area contributed by atoms with Crippen molar-refractivity contribution in [3.63, 3.8) is 0 Å². The Morgan fingerprint density at radius 2 is 1.76 bits per heavy atom. The first kappa shape index (κ1) is 15.0. The van der Waals surface area contributed by atoms with E-state index in [1.807, 2.05) is 18.2 Å². The summed E-state index contributed by atoms with van der Waals surface area (Å²) in [6.07, 6.45) is 4.44. The summed E-state index contributed by atoms with van der Waals surface area (Å²) < 4.78 is 22.8. The van der Waals surface area contributed by atoms with Crippen LogP contribution < -0.4 is 0 Å². The van der Waals surface area contributed by atoms with E-state index in [9.17, 15) is 0 Å². The van der Waals surface area contributed by atoms with Gasteiger partial charge in [0.25, 0.3) is 6.29 Å². The van der Waals surface area contributed by atoms with E-state index in [0.717, 1.165) is 24.8 Å². The summed E-state index contributed by atoms with van der Waals surface area (Å²) in [7, 11) is 4.99. The number of benzene rings is 1. The fourth-order valence-electron chi connectivity index (χ4n) is 3.73. The van der Waals surface area contributed by atoms with E-state index in [0.29, 0.717) is 18.5 Å². The van der Waals surface area contributed by atoms with Gasteiger partial charge in [0.05, 0.1) is 12.2 Å². The second kappa shape index (κ2) is 6.05. The highest BCUT2D eigenvalue weighted by atomic mass is 16.7. The third kappa shape index (κ3) is 2.50. The molecule has 2 fully saturated rings. The van der Waals surface area contributed by atoms with Crippen LogP contribution in [0.2, 0.25) is 0 Å². The molecule has 1 saturated heterocycles. The third-order valence-corrected chi connectivity index (χ3v) is 4.78. The molecule has 3 rings (SSSR count). The molecule has 1 aliphatic carbocycles. The van der Waals surface area contributed by atoms with E-state index < -0.39 is 5.60 Å². The van der Waals surface area contributed by atoms with Crippen LogP contribution >= 0.6 is 0 Å². The van der Waals surface area contributed by atoms with Crippen LogP contribution in [0.25, 0.3) is 0 Å². The lowest BCUT2D eigenvalue weighted by molar-refractivity contribution is -0.181. The van der Waals surface area contributed by atoms with Crippen molar-refractivity contribution in [3.05, 3.63) is 42.2 Å². The molecule has 1 radical (unpaired) electrons. The molecule has 1 aliphatic heterocycles. The molecule has 2 aliphatic rings. The molecule has 4 heteroatoms. The van der Waals surface area contributed by atoms with E-state index in [2.05, 4.69) is 12.1 Å². The van der Waals surface area contributed by atoms with Gasteiger partial charge in [-0.15, -0.1) is 0 Å². The maximum Gasteiger partial charge on any atom is 0.261 e. The van der Waals surface area contributed by atoms with Crippen LogP contribution in [0.5, 0.6) is 0 Å². The van der Waals surface area contributed by atoms with Crippen LogP contribution in [0.1, 0.15) is 24.8 Å². The molecule has 4 nitrogen and oxygen atoms in total. The molecule has 0 N–H and O–H groups in total. The zero-order valence-electron chi connectivity index (χ0n) is 12.9. The van der Waals surface area contributed by atoms with E-state index in [-0.39, 0.29) is 5.92 Å². The van der Waals surface area contributed by atoms with Crippen molar-refractivity contribution in [1.82, 2.24) is 0 Å². The topological polar surface area (TPSA) is 40.2 Å². The Balaban J connectivity index is 1.99. The highest BCUT2D eigenvalue weighted by Crippen LogP contribution is 2.52. The lowest BCUT2D eigenvalue weighted by Gasteiger charge is -2.43. The van der Waals surface area contributed by atoms with E-state index in [1.165, 1.54) is 0 Å². The SMILES string of the molecule is CO[C](OC)C(OC)(c1ccccc1)C1CCC2OC2C1. The number of methoxy groups -OCH3 is 3. The van der Waals surface area contributed by atoms with Gasteiger partial charge in [0, 0.05) is 27.2 Å². The predicted molar refractivity (Wildman–Crippen MR) is 78.4 cm³/mol. The summed E-state index contributed by atoms with van der Waals surface area (Å²) in [4.78, 5) is 0. The van der Waals surface area contributed by atoms with Gasteiger partial charge in [0.15, 0.2) is 5.60 Å². The molecule has 1 heterocycles. The number of epoxide rings is 1. The number of hydrogen-bond donors (Lipinski definition) is 0. The molecule has 0 bridgehead atoms. The summed E-state index contributed by atoms with van der Waals surface area (Å²) in [6.45, 7) is 0. The lowest BCUT2D eigenvalue weighted by atomic mass is 9.72. The van der Waals surface area contributed by atoms with Crippen molar-refractivity contribution in [2.45, 2.75) is 37.1 Å². The van der Waals surface area contributed by atoms with Gasteiger partial charge in [0.1, 0.15) is 0 Å². The Kier molecular flexibility index (Phi) is 4.31. The highest BCUT2D eigenvalue weighted by Gasteiger charge is 2.56. The second-order valence-electron chi connectivity index (χ2n) is 5.72. The minimum absolute atomic E-state index is 0.281. The molecule has 115 valence electrons. The van der Waals surface area contributed by atoms with Gasteiger partial charge >= 0.3 is 0 Å². The molecule has 1 aromatic rings. The Morgan fingerprint density at radius 3 is 2.33 bits per heavy atom. The number of rotatable bonds is 6. The molecule has 0 amide bonds. The fraction of sp³-hybridized carbons (Fsp3) is 0.588. The van der Waals surface area contributed by atoms with Gasteiger partial charge in [-0.3, -0.25) is 0 Å². The van der Waals surface area contributed by atoms with Crippen molar-refractivity contribution < 1.29 is 18.9 Å². The first-order valence-electron chi connectivity index (χ1n) is 7.47. The third-order valence-electron chi connectivity index (χ3n) is 4.78. The first-order chi connectivity index (χ1) is 10.3. The summed E-state index contributed by atoms with van der Waals surface area (Å²) >= 11 is 0. The summed E-state index contributed by atoms with van der Waals surface area (Å²) in [5.41, 5.74) is 0.386. The van der Waals surface area contributed by atoms with E-state index in [1.54, 1.807) is 21.3 Å². The molecular weight excluding hydrogens is 268 g/mol. The Bertz CT molecular complexity index is 459. The maximum absolute atomic E-state index is 6.03. The van der Waals surface area contributed by atoms with Crippen LogP contribution in [-0.2, 0) is 24.5 Å². The van der Waals surface area contributed by atoms with Crippen LogP contribution in [0.3, 0.4) is 0 Å². The molecule has 0 aromatic heterocycles. The van der Waals surface area contributed by atoms with Crippen LogP contribution in [0.4, 0.5) is 0 Å². The quantitative estimate of drug-likeness (QED) is 0.756. The van der Waals surface area contributed by atoms with E-state index in [4.69, 9.17) is 18.9 Å². The molecule has 4 atom stereocenters. The monoisotopic (exact) mass is 291 g/mol. The first-order valence-corrected chi connectivity index (χ1v) is 7.47. The molecule has 4 unspecified atom stereocenters. The van der Waals surface area contributed by atoms with Gasteiger partial charge in [-0.1, -0.05) is 30.3 Å². The van der Waals surface area contributed by atoms with Crippen molar-refractivity contribution in [2.75, 3.05) is 21.3 Å². The van der Waals surface area contributed by atoms with Crippen molar-refractivity contribution in [1.29, 1.82) is 0 Å². The van der Waals surface area contributed by atoms with Crippen molar-refractivity contribution >= 4 is 0 Å². The van der Waals surface area contributed by atoms with Crippen molar-refractivity contribution in [3.8, 4) is 0 Å². The minimum Gasteiger partial charge on any atom is -0.370 e. The zero-order valence-corrected chi connectivity index (χ0v) is 12.9. The minimum atomic E-state index is -0.679. The largest absolute Gasteiger partial charge is 0.370 e. The molecular formula is C17H23O4. The zero-order chi connectivity index (χ0) is 14.9. The lowest BCUT2D eigenvalue weighted by Crippen LogP contribution is -2.46. The second-order valence-corrected chi connectivity index (χ2v) is 5.72. The van der Waals surface area contributed by atoms with Gasteiger partial charge in [0.2, 0.25) is 0 Å². The number of hydrogen-bond acceptors (Lipinski definition) is 4. The average molecular weight is 291 g/mol. The Labute approximate surface area is 126 Å². The van der Waals surface area contributed by atoms with Crippen LogP contribution in [-0.4, -0.2) is 33.5 Å². The highest BCUT2D eigenvalue weighted by molar-refractivity contribution is 5.29. The normalized spacial score (nSPS) is 30.8. The summed E-state index contributed by atoms with van der Waals surface area (Å²) in [6, 6.07) is 10.2. The van der Waals surface area contributed by atoms with Crippen LogP contribution in [0, 0.1) is 12.2 Å². The van der Waals surface area contributed by atoms with E-state index >= 15 is 0 Å². The fourth-order valence-corrected chi connectivity index (χ4v) is 3.73. The summed E-state index contributed by atoms with van der Waals surface area (Å²) in [5.74, 6) is 0.281.